The molecule has 0 saturated heterocycles. The quantitative estimate of drug-likeness (QED) is 0.0266. The molecule has 0 bridgehead atoms. The van der Waals surface area contributed by atoms with Crippen molar-refractivity contribution in [3.63, 3.8) is 0 Å². The number of unbranched alkanes of at least 4 members (excludes halogenated alkanes) is 21. The molecule has 0 radical (unpaired) electrons. The Bertz CT molecular complexity index is 1150. The average molecular weight is 850 g/mol. The topological polar surface area (TPSA) is 134 Å². The molecule has 1 unspecified atom stereocenters. The van der Waals surface area contributed by atoms with E-state index in [0.29, 0.717) is 12.8 Å². The number of carbonyl (C=O) groups is 2. The van der Waals surface area contributed by atoms with Crippen molar-refractivity contribution in [2.24, 2.45) is 5.73 Å². The molecule has 0 rings (SSSR count). The molecule has 0 aromatic heterocycles. The first-order chi connectivity index (χ1) is 28.8. The Balaban J connectivity index is 4.17. The van der Waals surface area contributed by atoms with Gasteiger partial charge in [-0.2, -0.15) is 0 Å². The number of phosphoric acid groups is 1. The fourth-order valence-electron chi connectivity index (χ4n) is 6.32. The molecule has 0 saturated carbocycles. The van der Waals surface area contributed by atoms with Gasteiger partial charge in [0.2, 0.25) is 0 Å². The van der Waals surface area contributed by atoms with Crippen molar-refractivity contribution in [3.05, 3.63) is 60.8 Å². The summed E-state index contributed by atoms with van der Waals surface area (Å²) < 4.78 is 32.8. The van der Waals surface area contributed by atoms with E-state index in [0.717, 1.165) is 57.8 Å². The first-order valence-corrected chi connectivity index (χ1v) is 25.3. The Morgan fingerprint density at radius 2 is 0.881 bits per heavy atom. The van der Waals surface area contributed by atoms with E-state index in [9.17, 15) is 19.0 Å². The maximum atomic E-state index is 12.6. The second-order valence-corrected chi connectivity index (χ2v) is 17.1. The Hall–Kier alpha value is -2.29. The lowest BCUT2D eigenvalue weighted by molar-refractivity contribution is -0.161. The summed E-state index contributed by atoms with van der Waals surface area (Å²) >= 11 is 0. The molecule has 342 valence electrons. The lowest BCUT2D eigenvalue weighted by Crippen LogP contribution is -2.29. The molecule has 3 N–H and O–H groups in total. The standard InChI is InChI=1S/C49H88NO8P/c1-3-5-7-9-11-13-15-17-19-21-23-25-27-29-31-33-35-37-39-41-48(51)55-45-47(46-57-59(53,54)56-44-43-50)58-49(52)42-40-38-36-34-32-30-28-26-24-22-20-18-16-14-12-10-8-6-4-2/h11,13,17-20,23,25,29,31,47H,3-10,12,14-16,21-22,24,26-28,30,32-46,50H2,1-2H3,(H,53,54)/b13-11-,19-17-,20-18-,25-23-,31-29-/t47-/m1/s1. The predicted molar refractivity (Wildman–Crippen MR) is 247 cm³/mol. The van der Waals surface area contributed by atoms with E-state index in [1.54, 1.807) is 0 Å². The summed E-state index contributed by atoms with van der Waals surface area (Å²) in [4.78, 5) is 35.0. The van der Waals surface area contributed by atoms with Gasteiger partial charge in [0.05, 0.1) is 13.2 Å². The van der Waals surface area contributed by atoms with Gasteiger partial charge in [0.1, 0.15) is 6.61 Å². The van der Waals surface area contributed by atoms with Crippen LogP contribution in [0.15, 0.2) is 60.8 Å². The van der Waals surface area contributed by atoms with E-state index >= 15 is 0 Å². The molecule has 0 aliphatic heterocycles. The molecule has 0 fully saturated rings. The third-order valence-electron chi connectivity index (χ3n) is 9.88. The summed E-state index contributed by atoms with van der Waals surface area (Å²) in [6, 6.07) is 0. The normalized spacial score (nSPS) is 13.8. The van der Waals surface area contributed by atoms with E-state index < -0.39 is 32.5 Å². The van der Waals surface area contributed by atoms with Gasteiger partial charge in [-0.1, -0.05) is 171 Å². The van der Waals surface area contributed by atoms with Gasteiger partial charge in [0, 0.05) is 19.4 Å². The third kappa shape index (κ3) is 45.1. The first kappa shape index (κ1) is 56.7. The highest BCUT2D eigenvalue weighted by atomic mass is 31.2. The molecule has 0 aliphatic rings. The zero-order valence-electron chi connectivity index (χ0n) is 37.7. The van der Waals surface area contributed by atoms with Crippen molar-refractivity contribution in [2.75, 3.05) is 26.4 Å². The zero-order chi connectivity index (χ0) is 43.2. The Labute approximate surface area is 361 Å². The van der Waals surface area contributed by atoms with E-state index in [1.807, 2.05) is 0 Å². The van der Waals surface area contributed by atoms with Crippen molar-refractivity contribution < 1.29 is 37.6 Å². The van der Waals surface area contributed by atoms with Gasteiger partial charge in [-0.15, -0.1) is 0 Å². The number of nitrogens with two attached hydrogens (primary N) is 1. The predicted octanol–water partition coefficient (Wildman–Crippen LogP) is 14.1. The lowest BCUT2D eigenvalue weighted by atomic mass is 10.1. The summed E-state index contributed by atoms with van der Waals surface area (Å²) in [6.45, 7) is 3.67. The third-order valence-corrected chi connectivity index (χ3v) is 10.9. The summed E-state index contributed by atoms with van der Waals surface area (Å²) in [5.74, 6) is -0.867. The van der Waals surface area contributed by atoms with Crippen LogP contribution in [0.2, 0.25) is 0 Å². The highest BCUT2D eigenvalue weighted by Gasteiger charge is 2.26. The fourth-order valence-corrected chi connectivity index (χ4v) is 7.08. The lowest BCUT2D eigenvalue weighted by Gasteiger charge is -2.19. The molecular formula is C49H88NO8P. The van der Waals surface area contributed by atoms with Crippen LogP contribution < -0.4 is 5.73 Å². The highest BCUT2D eigenvalue weighted by Crippen LogP contribution is 2.43. The number of ether oxygens (including phenoxy) is 2. The number of hydrogen-bond acceptors (Lipinski definition) is 8. The van der Waals surface area contributed by atoms with Gasteiger partial charge in [-0.25, -0.2) is 4.57 Å². The molecule has 10 heteroatoms. The van der Waals surface area contributed by atoms with Crippen molar-refractivity contribution in [3.8, 4) is 0 Å². The van der Waals surface area contributed by atoms with Crippen LogP contribution in [0.25, 0.3) is 0 Å². The van der Waals surface area contributed by atoms with Crippen molar-refractivity contribution in [2.45, 2.75) is 213 Å². The van der Waals surface area contributed by atoms with E-state index in [1.165, 1.54) is 109 Å². The maximum Gasteiger partial charge on any atom is 0.472 e. The van der Waals surface area contributed by atoms with Crippen LogP contribution in [-0.2, 0) is 32.7 Å². The van der Waals surface area contributed by atoms with Gasteiger partial charge < -0.3 is 20.1 Å². The van der Waals surface area contributed by atoms with Crippen LogP contribution in [0, 0.1) is 0 Å². The average Bonchev–Trinajstić information content (AvgIpc) is 3.22. The minimum absolute atomic E-state index is 0.0464. The number of carbonyl (C=O) groups excluding carboxylic acids is 2. The zero-order valence-corrected chi connectivity index (χ0v) is 38.6. The molecule has 0 spiro atoms. The highest BCUT2D eigenvalue weighted by molar-refractivity contribution is 7.47. The van der Waals surface area contributed by atoms with Crippen LogP contribution in [0.3, 0.4) is 0 Å². The summed E-state index contributed by atoms with van der Waals surface area (Å²) in [5.41, 5.74) is 5.36. The van der Waals surface area contributed by atoms with Gasteiger partial charge in [-0.05, 0) is 83.5 Å². The molecule has 0 amide bonds. The van der Waals surface area contributed by atoms with Crippen molar-refractivity contribution >= 4 is 19.8 Å². The minimum Gasteiger partial charge on any atom is -0.462 e. The second kappa shape index (κ2) is 45.2. The number of hydrogen-bond donors (Lipinski definition) is 2. The maximum absolute atomic E-state index is 12.6. The van der Waals surface area contributed by atoms with Crippen molar-refractivity contribution in [1.29, 1.82) is 0 Å². The van der Waals surface area contributed by atoms with Crippen LogP contribution in [0.1, 0.15) is 206 Å². The number of rotatable bonds is 44. The van der Waals surface area contributed by atoms with Crippen molar-refractivity contribution in [1.82, 2.24) is 0 Å². The molecule has 0 aromatic carbocycles. The van der Waals surface area contributed by atoms with Crippen LogP contribution >= 0.6 is 7.82 Å². The summed E-state index contributed by atoms with van der Waals surface area (Å²) in [5, 5.41) is 0. The van der Waals surface area contributed by atoms with Gasteiger partial charge >= 0.3 is 19.8 Å². The number of phosphoric ester groups is 1. The molecule has 2 atom stereocenters. The molecule has 0 heterocycles. The van der Waals surface area contributed by atoms with Gasteiger partial charge in [0.15, 0.2) is 6.10 Å². The van der Waals surface area contributed by atoms with Crippen LogP contribution in [0.5, 0.6) is 0 Å². The smallest absolute Gasteiger partial charge is 0.462 e. The monoisotopic (exact) mass is 850 g/mol. The molecule has 9 nitrogen and oxygen atoms in total. The van der Waals surface area contributed by atoms with Gasteiger partial charge in [-0.3, -0.25) is 18.6 Å². The Morgan fingerprint density at radius 1 is 0.508 bits per heavy atom. The van der Waals surface area contributed by atoms with Crippen LogP contribution in [0.4, 0.5) is 0 Å². The first-order valence-electron chi connectivity index (χ1n) is 23.8. The SMILES string of the molecule is CCCCC/C=C\C/C=C\C/C=C\C/C=C\CCCCCC(=O)OC[C@H](COP(=O)(O)OCCN)OC(=O)CCCCCCCCCCC/C=C\CCCCCCCC. The summed E-state index contributed by atoms with van der Waals surface area (Å²) in [7, 11) is -4.39. The second-order valence-electron chi connectivity index (χ2n) is 15.6. The van der Waals surface area contributed by atoms with E-state index in [2.05, 4.69) is 74.6 Å². The number of esters is 2. The number of allylic oxidation sites excluding steroid dienone is 10. The minimum atomic E-state index is -4.39. The largest absolute Gasteiger partial charge is 0.472 e. The molecular weight excluding hydrogens is 762 g/mol. The van der Waals surface area contributed by atoms with E-state index in [4.69, 9.17) is 24.3 Å². The Kier molecular flexibility index (Phi) is 43.5. The molecule has 0 aromatic rings. The van der Waals surface area contributed by atoms with Gasteiger partial charge in [0.25, 0.3) is 0 Å². The van der Waals surface area contributed by atoms with E-state index in [-0.39, 0.29) is 32.6 Å². The Morgan fingerprint density at radius 3 is 1.37 bits per heavy atom. The van der Waals surface area contributed by atoms with Crippen LogP contribution in [-0.4, -0.2) is 49.3 Å². The fraction of sp³-hybridized carbons (Fsp3) is 0.755. The molecule has 0 aliphatic carbocycles. The molecule has 59 heavy (non-hydrogen) atoms. The summed E-state index contributed by atoms with van der Waals surface area (Å²) in [6.07, 6.45) is 53.9.